The molecule has 2 amide bonds. The van der Waals surface area contributed by atoms with Crippen molar-refractivity contribution in [3.05, 3.63) is 59.9 Å². The zero-order chi connectivity index (χ0) is 24.4. The second-order valence-corrected chi connectivity index (χ2v) is 10.0. The maximum atomic E-state index is 13.9. The van der Waals surface area contributed by atoms with Crippen LogP contribution >= 0.6 is 0 Å². The Morgan fingerprint density at radius 3 is 2.46 bits per heavy atom. The van der Waals surface area contributed by atoms with E-state index in [9.17, 15) is 9.59 Å². The van der Waals surface area contributed by atoms with Crippen LogP contribution in [0.4, 0.5) is 0 Å². The molecule has 184 valence electrons. The molecule has 1 saturated carbocycles. The molecule has 1 aliphatic heterocycles. The quantitative estimate of drug-likeness (QED) is 0.582. The number of carbonyl (C=O) groups is 2. The SMILES string of the molecule is COc1ccc(CN2C(=O)c3nc4ccccc4n3C[C@]2(C)C(=O)NC2CCCCCCC2)cc1. The van der Waals surface area contributed by atoms with Gasteiger partial charge in [0.1, 0.15) is 11.3 Å². The molecule has 0 radical (unpaired) electrons. The third-order valence-electron chi connectivity index (χ3n) is 7.58. The number of nitrogens with zero attached hydrogens (tertiary/aromatic N) is 3. The Bertz CT molecular complexity index is 1210. The number of amides is 2. The van der Waals surface area contributed by atoms with E-state index in [0.717, 1.165) is 48.0 Å². The monoisotopic (exact) mass is 474 g/mol. The number of imidazole rings is 1. The van der Waals surface area contributed by atoms with Gasteiger partial charge in [0.05, 0.1) is 24.7 Å². The van der Waals surface area contributed by atoms with Gasteiger partial charge >= 0.3 is 0 Å². The molecule has 0 bridgehead atoms. The van der Waals surface area contributed by atoms with E-state index in [4.69, 9.17) is 4.74 Å². The van der Waals surface area contributed by atoms with Crippen molar-refractivity contribution in [2.45, 2.75) is 76.5 Å². The third kappa shape index (κ3) is 4.51. The van der Waals surface area contributed by atoms with Gasteiger partial charge in [-0.05, 0) is 49.6 Å². The Balaban J connectivity index is 1.50. The molecule has 1 fully saturated rings. The van der Waals surface area contributed by atoms with Crippen molar-refractivity contribution in [2.75, 3.05) is 7.11 Å². The number of ether oxygens (including phenoxy) is 1. The number of nitrogens with one attached hydrogen (secondary N) is 1. The molecule has 1 aromatic heterocycles. The van der Waals surface area contributed by atoms with Crippen LogP contribution in [0.2, 0.25) is 0 Å². The Morgan fingerprint density at radius 2 is 1.74 bits per heavy atom. The highest BCUT2D eigenvalue weighted by Crippen LogP contribution is 2.32. The summed E-state index contributed by atoms with van der Waals surface area (Å²) in [5.41, 5.74) is 1.54. The lowest BCUT2D eigenvalue weighted by atomic mass is 9.92. The molecule has 5 rings (SSSR count). The average molecular weight is 475 g/mol. The van der Waals surface area contributed by atoms with Crippen molar-refractivity contribution >= 4 is 22.8 Å². The minimum absolute atomic E-state index is 0.0895. The molecule has 7 heteroatoms. The standard InChI is InChI=1S/C28H34N4O3/c1-28(27(34)29-21-10-6-4-3-5-7-11-21)19-31-24-13-9-8-12-23(24)30-25(31)26(33)32(28)18-20-14-16-22(35-2)17-15-20/h8-9,12-17,21H,3-7,10-11,18-19H2,1-2H3,(H,29,34)/t28-/m1/s1. The second-order valence-electron chi connectivity index (χ2n) is 10.0. The van der Waals surface area contributed by atoms with E-state index in [2.05, 4.69) is 10.3 Å². The Morgan fingerprint density at radius 1 is 1.06 bits per heavy atom. The number of methoxy groups -OCH3 is 1. The molecule has 0 spiro atoms. The fourth-order valence-electron chi connectivity index (χ4n) is 5.43. The van der Waals surface area contributed by atoms with Gasteiger partial charge < -0.3 is 19.5 Å². The first-order valence-electron chi connectivity index (χ1n) is 12.7. The Labute approximate surface area is 206 Å². The van der Waals surface area contributed by atoms with Crippen LogP contribution in [0.25, 0.3) is 11.0 Å². The van der Waals surface area contributed by atoms with Crippen molar-refractivity contribution in [1.82, 2.24) is 19.8 Å². The highest BCUT2D eigenvalue weighted by molar-refractivity contribution is 6.01. The number of hydrogen-bond acceptors (Lipinski definition) is 4. The van der Waals surface area contributed by atoms with Crippen LogP contribution in [-0.4, -0.2) is 45.0 Å². The summed E-state index contributed by atoms with van der Waals surface area (Å²) in [6, 6.07) is 15.5. The molecule has 35 heavy (non-hydrogen) atoms. The molecule has 2 aromatic carbocycles. The predicted molar refractivity (Wildman–Crippen MR) is 135 cm³/mol. The maximum Gasteiger partial charge on any atom is 0.291 e. The van der Waals surface area contributed by atoms with E-state index in [1.54, 1.807) is 12.0 Å². The number of carbonyl (C=O) groups excluding carboxylic acids is 2. The number of hydrogen-bond donors (Lipinski definition) is 1. The minimum atomic E-state index is -1.05. The van der Waals surface area contributed by atoms with Crippen LogP contribution in [-0.2, 0) is 17.9 Å². The number of fused-ring (bicyclic) bond motifs is 3. The highest BCUT2D eigenvalue weighted by atomic mass is 16.5. The molecule has 2 heterocycles. The van der Waals surface area contributed by atoms with Crippen LogP contribution < -0.4 is 10.1 Å². The van der Waals surface area contributed by atoms with Crippen molar-refractivity contribution in [3.63, 3.8) is 0 Å². The Kier molecular flexibility index (Phi) is 6.50. The molecule has 1 aliphatic carbocycles. The number of para-hydroxylation sites is 2. The van der Waals surface area contributed by atoms with E-state index in [1.807, 2.05) is 60.0 Å². The van der Waals surface area contributed by atoms with Gasteiger partial charge in [-0.1, -0.05) is 56.4 Å². The number of benzene rings is 2. The van der Waals surface area contributed by atoms with E-state index < -0.39 is 5.54 Å². The van der Waals surface area contributed by atoms with E-state index in [1.165, 1.54) is 19.3 Å². The minimum Gasteiger partial charge on any atom is -0.497 e. The van der Waals surface area contributed by atoms with Crippen molar-refractivity contribution in [1.29, 1.82) is 0 Å². The van der Waals surface area contributed by atoms with Crippen molar-refractivity contribution < 1.29 is 14.3 Å². The smallest absolute Gasteiger partial charge is 0.291 e. The summed E-state index contributed by atoms with van der Waals surface area (Å²) in [6.07, 6.45) is 7.96. The van der Waals surface area contributed by atoms with Gasteiger partial charge in [0, 0.05) is 12.6 Å². The summed E-state index contributed by atoms with van der Waals surface area (Å²) in [4.78, 5) is 34.1. The van der Waals surface area contributed by atoms with E-state index in [0.29, 0.717) is 18.9 Å². The summed E-state index contributed by atoms with van der Waals surface area (Å²) in [5.74, 6) is 0.827. The molecule has 2 aliphatic rings. The number of rotatable bonds is 5. The molecule has 1 N–H and O–H groups in total. The van der Waals surface area contributed by atoms with Gasteiger partial charge in [-0.3, -0.25) is 9.59 Å². The molecule has 3 aromatic rings. The first-order chi connectivity index (χ1) is 17.0. The molecule has 0 unspecified atom stereocenters. The van der Waals surface area contributed by atoms with Gasteiger partial charge in [-0.2, -0.15) is 0 Å². The normalized spacial score (nSPS) is 21.3. The first kappa shape index (κ1) is 23.4. The Hall–Kier alpha value is -3.35. The maximum absolute atomic E-state index is 13.9. The van der Waals surface area contributed by atoms with Crippen LogP contribution in [0.3, 0.4) is 0 Å². The van der Waals surface area contributed by atoms with Crippen LogP contribution in [0, 0.1) is 0 Å². The number of aromatic nitrogens is 2. The topological polar surface area (TPSA) is 76.5 Å². The third-order valence-corrected chi connectivity index (χ3v) is 7.58. The fourth-order valence-corrected chi connectivity index (χ4v) is 5.43. The van der Waals surface area contributed by atoms with Crippen molar-refractivity contribution in [3.8, 4) is 5.75 Å². The molecular formula is C28H34N4O3. The lowest BCUT2D eigenvalue weighted by molar-refractivity contribution is -0.134. The van der Waals surface area contributed by atoms with Gasteiger partial charge in [0.2, 0.25) is 5.91 Å². The van der Waals surface area contributed by atoms with Gasteiger partial charge in [-0.15, -0.1) is 0 Å². The van der Waals surface area contributed by atoms with Crippen LogP contribution in [0.1, 0.15) is 68.1 Å². The zero-order valence-corrected chi connectivity index (χ0v) is 20.6. The van der Waals surface area contributed by atoms with Crippen molar-refractivity contribution in [2.24, 2.45) is 0 Å². The highest BCUT2D eigenvalue weighted by Gasteiger charge is 2.48. The van der Waals surface area contributed by atoms with Crippen LogP contribution in [0.5, 0.6) is 5.75 Å². The second kappa shape index (κ2) is 9.72. The summed E-state index contributed by atoms with van der Waals surface area (Å²) >= 11 is 0. The lowest BCUT2D eigenvalue weighted by Gasteiger charge is -2.44. The molecule has 0 saturated heterocycles. The zero-order valence-electron chi connectivity index (χ0n) is 20.6. The first-order valence-corrected chi connectivity index (χ1v) is 12.7. The predicted octanol–water partition coefficient (Wildman–Crippen LogP) is 4.69. The van der Waals surface area contributed by atoms with E-state index in [-0.39, 0.29) is 17.9 Å². The van der Waals surface area contributed by atoms with Gasteiger partial charge in [-0.25, -0.2) is 4.98 Å². The fraction of sp³-hybridized carbons (Fsp3) is 0.464. The van der Waals surface area contributed by atoms with Gasteiger partial charge in [0.25, 0.3) is 5.91 Å². The summed E-state index contributed by atoms with van der Waals surface area (Å²) < 4.78 is 7.20. The molecular weight excluding hydrogens is 440 g/mol. The van der Waals surface area contributed by atoms with Crippen LogP contribution in [0.15, 0.2) is 48.5 Å². The van der Waals surface area contributed by atoms with Gasteiger partial charge in [0.15, 0.2) is 5.82 Å². The molecule has 7 nitrogen and oxygen atoms in total. The van der Waals surface area contributed by atoms with E-state index >= 15 is 0 Å². The average Bonchev–Trinajstić information content (AvgIpc) is 3.22. The largest absolute Gasteiger partial charge is 0.497 e. The molecule has 1 atom stereocenters. The summed E-state index contributed by atoms with van der Waals surface area (Å²) in [5, 5.41) is 3.34. The summed E-state index contributed by atoms with van der Waals surface area (Å²) in [7, 11) is 1.63. The lowest BCUT2D eigenvalue weighted by Crippen LogP contribution is -2.64. The summed E-state index contributed by atoms with van der Waals surface area (Å²) in [6.45, 7) is 2.58.